The summed E-state index contributed by atoms with van der Waals surface area (Å²) in [6.07, 6.45) is 1.73. The van der Waals surface area contributed by atoms with Gasteiger partial charge in [-0.3, -0.25) is 0 Å². The molecular formula is C13H16O2. The van der Waals surface area contributed by atoms with E-state index in [0.717, 1.165) is 11.1 Å². The standard InChI is InChI=1S/C13H16O2/c1-5-10-6-11(9(2)3)8-12(7-10)13(14)15-4/h5-9H,1H2,2-4H3. The van der Waals surface area contributed by atoms with E-state index < -0.39 is 0 Å². The van der Waals surface area contributed by atoms with Crippen LogP contribution in [0.4, 0.5) is 0 Å². The summed E-state index contributed by atoms with van der Waals surface area (Å²) in [5, 5.41) is 0. The van der Waals surface area contributed by atoms with Gasteiger partial charge in [0.2, 0.25) is 0 Å². The van der Waals surface area contributed by atoms with Crippen molar-refractivity contribution < 1.29 is 9.53 Å². The SMILES string of the molecule is C=Cc1cc(C(=O)OC)cc(C(C)C)c1. The lowest BCUT2D eigenvalue weighted by atomic mass is 9.98. The van der Waals surface area contributed by atoms with Crippen LogP contribution >= 0.6 is 0 Å². The Balaban J connectivity index is 3.22. The Bertz CT molecular complexity index is 378. The molecule has 0 heterocycles. The molecular weight excluding hydrogens is 188 g/mol. The van der Waals surface area contributed by atoms with Crippen LogP contribution in [-0.4, -0.2) is 13.1 Å². The third-order valence-electron chi connectivity index (χ3n) is 2.30. The summed E-state index contributed by atoms with van der Waals surface area (Å²) in [4.78, 5) is 11.4. The number of benzene rings is 1. The van der Waals surface area contributed by atoms with Gasteiger partial charge in [-0.25, -0.2) is 4.79 Å². The number of methoxy groups -OCH3 is 1. The molecule has 0 spiro atoms. The average Bonchev–Trinajstić information content (AvgIpc) is 2.27. The molecule has 80 valence electrons. The molecule has 15 heavy (non-hydrogen) atoms. The molecule has 1 aromatic carbocycles. The molecule has 0 aliphatic carbocycles. The normalized spacial score (nSPS) is 10.1. The van der Waals surface area contributed by atoms with Crippen molar-refractivity contribution >= 4 is 12.0 Å². The van der Waals surface area contributed by atoms with E-state index in [1.54, 1.807) is 12.1 Å². The second-order valence-corrected chi connectivity index (χ2v) is 3.74. The van der Waals surface area contributed by atoms with E-state index in [4.69, 9.17) is 4.74 Å². The molecule has 0 unspecified atom stereocenters. The number of esters is 1. The van der Waals surface area contributed by atoms with Gasteiger partial charge in [-0.2, -0.15) is 0 Å². The van der Waals surface area contributed by atoms with Crippen molar-refractivity contribution in [2.24, 2.45) is 0 Å². The summed E-state index contributed by atoms with van der Waals surface area (Å²) >= 11 is 0. The summed E-state index contributed by atoms with van der Waals surface area (Å²) in [5.74, 6) is 0.0777. The molecule has 1 rings (SSSR count). The zero-order chi connectivity index (χ0) is 11.4. The van der Waals surface area contributed by atoms with Crippen LogP contribution in [0.1, 0.15) is 41.3 Å². The van der Waals surface area contributed by atoms with Crippen LogP contribution in [-0.2, 0) is 4.74 Å². The van der Waals surface area contributed by atoms with Crippen LogP contribution in [0.15, 0.2) is 24.8 Å². The number of ether oxygens (including phenoxy) is 1. The summed E-state index contributed by atoms with van der Waals surface area (Å²) in [7, 11) is 1.39. The smallest absolute Gasteiger partial charge is 0.337 e. The summed E-state index contributed by atoms with van der Waals surface area (Å²) in [6.45, 7) is 7.88. The average molecular weight is 204 g/mol. The molecule has 0 saturated heterocycles. The van der Waals surface area contributed by atoms with Crippen molar-refractivity contribution in [3.8, 4) is 0 Å². The highest BCUT2D eigenvalue weighted by Crippen LogP contribution is 2.19. The first-order valence-electron chi connectivity index (χ1n) is 4.94. The van der Waals surface area contributed by atoms with Gasteiger partial charge in [0.1, 0.15) is 0 Å². The highest BCUT2D eigenvalue weighted by atomic mass is 16.5. The Morgan fingerprint density at radius 3 is 2.53 bits per heavy atom. The third kappa shape index (κ3) is 2.69. The van der Waals surface area contributed by atoms with E-state index >= 15 is 0 Å². The Kier molecular flexibility index (Phi) is 3.67. The van der Waals surface area contributed by atoms with E-state index in [2.05, 4.69) is 20.4 Å². The first kappa shape index (κ1) is 11.5. The van der Waals surface area contributed by atoms with Crippen molar-refractivity contribution in [1.82, 2.24) is 0 Å². The fourth-order valence-electron chi connectivity index (χ4n) is 1.36. The summed E-state index contributed by atoms with van der Waals surface area (Å²) in [6, 6.07) is 5.68. The lowest BCUT2D eigenvalue weighted by Crippen LogP contribution is -2.03. The molecule has 2 heteroatoms. The lowest BCUT2D eigenvalue weighted by Gasteiger charge is -2.09. The van der Waals surface area contributed by atoms with E-state index in [9.17, 15) is 4.79 Å². The van der Waals surface area contributed by atoms with Gasteiger partial charge in [-0.15, -0.1) is 0 Å². The van der Waals surface area contributed by atoms with Crippen LogP contribution in [0.25, 0.3) is 6.08 Å². The topological polar surface area (TPSA) is 26.3 Å². The highest BCUT2D eigenvalue weighted by Gasteiger charge is 2.09. The first-order valence-corrected chi connectivity index (χ1v) is 4.94. The Labute approximate surface area is 90.6 Å². The van der Waals surface area contributed by atoms with E-state index in [1.165, 1.54) is 7.11 Å². The molecule has 0 aliphatic heterocycles. The monoisotopic (exact) mass is 204 g/mol. The molecule has 2 nitrogen and oxygen atoms in total. The minimum absolute atomic E-state index is 0.305. The maximum Gasteiger partial charge on any atom is 0.337 e. The van der Waals surface area contributed by atoms with Gasteiger partial charge in [0.25, 0.3) is 0 Å². The third-order valence-corrected chi connectivity index (χ3v) is 2.30. The zero-order valence-electron chi connectivity index (χ0n) is 9.41. The molecule has 0 aliphatic rings. The fourth-order valence-corrected chi connectivity index (χ4v) is 1.36. The number of rotatable bonds is 3. The number of carbonyl (C=O) groups excluding carboxylic acids is 1. The van der Waals surface area contributed by atoms with Gasteiger partial charge < -0.3 is 4.74 Å². The molecule has 0 aromatic heterocycles. The van der Waals surface area contributed by atoms with Crippen molar-refractivity contribution in [2.45, 2.75) is 19.8 Å². The molecule has 0 atom stereocenters. The largest absolute Gasteiger partial charge is 0.465 e. The number of carbonyl (C=O) groups is 1. The first-order chi connectivity index (χ1) is 7.08. The minimum atomic E-state index is -0.305. The second kappa shape index (κ2) is 4.78. The van der Waals surface area contributed by atoms with E-state index in [0.29, 0.717) is 11.5 Å². The maximum atomic E-state index is 11.4. The highest BCUT2D eigenvalue weighted by molar-refractivity contribution is 5.90. The van der Waals surface area contributed by atoms with Crippen molar-refractivity contribution in [2.75, 3.05) is 7.11 Å². The van der Waals surface area contributed by atoms with Crippen LogP contribution in [0.2, 0.25) is 0 Å². The van der Waals surface area contributed by atoms with Gasteiger partial charge in [0.05, 0.1) is 12.7 Å². The summed E-state index contributed by atoms with van der Waals surface area (Å²) in [5.41, 5.74) is 2.65. The van der Waals surface area contributed by atoms with Gasteiger partial charge >= 0.3 is 5.97 Å². The Hall–Kier alpha value is -1.57. The van der Waals surface area contributed by atoms with Gasteiger partial charge in [0, 0.05) is 0 Å². The van der Waals surface area contributed by atoms with Crippen molar-refractivity contribution in [3.05, 3.63) is 41.5 Å². The van der Waals surface area contributed by atoms with Crippen molar-refractivity contribution in [1.29, 1.82) is 0 Å². The van der Waals surface area contributed by atoms with Crippen LogP contribution in [0.5, 0.6) is 0 Å². The summed E-state index contributed by atoms with van der Waals surface area (Å²) < 4.78 is 4.70. The van der Waals surface area contributed by atoms with Crippen LogP contribution < -0.4 is 0 Å². The predicted octanol–water partition coefficient (Wildman–Crippen LogP) is 3.24. The zero-order valence-corrected chi connectivity index (χ0v) is 9.41. The van der Waals surface area contributed by atoms with Crippen LogP contribution in [0.3, 0.4) is 0 Å². The van der Waals surface area contributed by atoms with Gasteiger partial charge in [0.15, 0.2) is 0 Å². The molecule has 0 amide bonds. The predicted molar refractivity (Wildman–Crippen MR) is 62.0 cm³/mol. The molecule has 0 fully saturated rings. The molecule has 0 saturated carbocycles. The maximum absolute atomic E-state index is 11.4. The van der Waals surface area contributed by atoms with E-state index in [1.807, 2.05) is 12.1 Å². The second-order valence-electron chi connectivity index (χ2n) is 3.74. The Morgan fingerprint density at radius 2 is 2.07 bits per heavy atom. The minimum Gasteiger partial charge on any atom is -0.465 e. The van der Waals surface area contributed by atoms with Gasteiger partial charge in [-0.05, 0) is 29.2 Å². The number of hydrogen-bond acceptors (Lipinski definition) is 2. The lowest BCUT2D eigenvalue weighted by molar-refractivity contribution is 0.0600. The fraction of sp³-hybridized carbons (Fsp3) is 0.308. The molecule has 0 N–H and O–H groups in total. The molecule has 0 bridgehead atoms. The quantitative estimate of drug-likeness (QED) is 0.706. The molecule has 0 radical (unpaired) electrons. The Morgan fingerprint density at radius 1 is 1.40 bits per heavy atom. The number of hydrogen-bond donors (Lipinski definition) is 0. The van der Waals surface area contributed by atoms with Crippen molar-refractivity contribution in [3.63, 3.8) is 0 Å². The van der Waals surface area contributed by atoms with Gasteiger partial charge in [-0.1, -0.05) is 32.6 Å². The van der Waals surface area contributed by atoms with E-state index in [-0.39, 0.29) is 5.97 Å². The molecule has 1 aromatic rings. The van der Waals surface area contributed by atoms with Crippen LogP contribution in [0, 0.1) is 0 Å².